The molecule has 0 bridgehead atoms. The average Bonchev–Trinajstić information content (AvgIpc) is 3.15. The number of hydrogen-bond donors (Lipinski definition) is 0. The number of carbonyl (C=O) groups is 1. The summed E-state index contributed by atoms with van der Waals surface area (Å²) in [6, 6.07) is 6.26. The lowest BCUT2D eigenvalue weighted by atomic mass is 9.88. The summed E-state index contributed by atoms with van der Waals surface area (Å²) >= 11 is 0. The van der Waals surface area contributed by atoms with Crippen LogP contribution in [0.15, 0.2) is 24.3 Å². The second-order valence-corrected chi connectivity index (χ2v) is 15.8. The third kappa shape index (κ3) is 6.33. The molecule has 1 amide bonds. The fraction of sp³-hybridized carbons (Fsp3) is 0.708. The van der Waals surface area contributed by atoms with Crippen LogP contribution in [0.2, 0.25) is 18.1 Å². The van der Waals surface area contributed by atoms with Gasteiger partial charge in [0.2, 0.25) is 0 Å². The van der Waals surface area contributed by atoms with Crippen molar-refractivity contribution in [3.63, 3.8) is 0 Å². The first-order valence-electron chi connectivity index (χ1n) is 11.9. The fourth-order valence-corrected chi connectivity index (χ4v) is 5.87. The van der Waals surface area contributed by atoms with E-state index in [-0.39, 0.29) is 35.6 Å². The Labute approximate surface area is 198 Å². The Kier molecular flexibility index (Phi) is 7.86. The minimum absolute atomic E-state index is 0.0255. The van der Waals surface area contributed by atoms with Crippen LogP contribution < -0.4 is 0 Å². The molecule has 0 aliphatic carbocycles. The average molecular weight is 478 g/mol. The zero-order chi connectivity index (χ0) is 24.4. The van der Waals surface area contributed by atoms with Crippen LogP contribution in [0.5, 0.6) is 0 Å². The Balaban J connectivity index is 1.68. The Morgan fingerprint density at radius 1 is 1.18 bits per heavy atom. The van der Waals surface area contributed by atoms with Gasteiger partial charge in [-0.05, 0) is 81.1 Å². The molecule has 9 heteroatoms. The molecule has 2 atom stereocenters. The van der Waals surface area contributed by atoms with Crippen LogP contribution in [-0.2, 0) is 15.8 Å². The van der Waals surface area contributed by atoms with Gasteiger partial charge in [-0.25, -0.2) is 4.79 Å². The number of nitro benzene ring substituents is 1. The van der Waals surface area contributed by atoms with E-state index in [1.165, 1.54) is 12.1 Å². The lowest BCUT2D eigenvalue weighted by molar-refractivity contribution is -0.384. The van der Waals surface area contributed by atoms with E-state index in [1.807, 2.05) is 4.90 Å². The van der Waals surface area contributed by atoms with E-state index < -0.39 is 13.2 Å². The molecule has 1 aromatic carbocycles. The summed E-state index contributed by atoms with van der Waals surface area (Å²) in [4.78, 5) is 27.8. The zero-order valence-corrected chi connectivity index (χ0v) is 21.9. The number of piperidine rings is 1. The van der Waals surface area contributed by atoms with E-state index >= 15 is 0 Å². The Morgan fingerprint density at radius 3 is 2.33 bits per heavy atom. The maximum absolute atomic E-state index is 13.2. The van der Waals surface area contributed by atoms with Gasteiger partial charge in [-0.15, -0.1) is 0 Å². The van der Waals surface area contributed by atoms with Gasteiger partial charge in [0, 0.05) is 24.7 Å². The van der Waals surface area contributed by atoms with E-state index in [2.05, 4.69) is 45.8 Å². The van der Waals surface area contributed by atoms with Gasteiger partial charge in [-0.3, -0.25) is 10.1 Å². The number of ether oxygens (including phenoxy) is 1. The Bertz CT molecular complexity index is 831. The number of nitro groups is 1. The maximum Gasteiger partial charge on any atom is 0.410 e. The van der Waals surface area contributed by atoms with Crippen molar-refractivity contribution in [2.45, 2.75) is 76.9 Å². The summed E-state index contributed by atoms with van der Waals surface area (Å²) < 4.78 is 12.4. The fourth-order valence-electron chi connectivity index (χ4n) is 4.52. The monoisotopic (exact) mass is 477 g/mol. The van der Waals surface area contributed by atoms with Crippen LogP contribution in [0.3, 0.4) is 0 Å². The van der Waals surface area contributed by atoms with Crippen LogP contribution in [-0.4, -0.2) is 68.0 Å². The molecular formula is C24H39N3O5Si. The van der Waals surface area contributed by atoms with Gasteiger partial charge in [-0.1, -0.05) is 20.8 Å². The van der Waals surface area contributed by atoms with Gasteiger partial charge in [0.1, 0.15) is 6.61 Å². The first-order valence-corrected chi connectivity index (χ1v) is 14.8. The minimum atomic E-state index is -1.95. The van der Waals surface area contributed by atoms with Crippen LogP contribution >= 0.6 is 0 Å². The van der Waals surface area contributed by atoms with Crippen LogP contribution in [0.1, 0.15) is 45.6 Å². The van der Waals surface area contributed by atoms with Gasteiger partial charge >= 0.3 is 6.09 Å². The van der Waals surface area contributed by atoms with Gasteiger partial charge in [0.25, 0.3) is 5.69 Å². The first-order chi connectivity index (χ1) is 15.4. The standard InChI is InChI=1S/C24H39N3O5Si/c1-24(2,3)33(5,6)32-21-15-22(19-11-13-25(4)14-12-19)26(16-21)23(28)31-17-18-7-9-20(10-8-18)27(29)30/h7-10,19,21-22H,11-17H2,1-6H3/t21-,22+/m1/s1. The molecule has 0 radical (unpaired) electrons. The van der Waals surface area contributed by atoms with Crippen molar-refractivity contribution in [1.29, 1.82) is 0 Å². The molecule has 2 aliphatic rings. The van der Waals surface area contributed by atoms with Crippen molar-refractivity contribution in [3.05, 3.63) is 39.9 Å². The van der Waals surface area contributed by atoms with Crippen LogP contribution in [0, 0.1) is 16.0 Å². The zero-order valence-electron chi connectivity index (χ0n) is 20.9. The SMILES string of the molecule is CN1CCC([C@@H]2C[C@@H](O[Si](C)(C)C(C)(C)C)CN2C(=O)OCc2ccc([N+](=O)[O-])cc2)CC1. The molecule has 3 rings (SSSR count). The number of hydrogen-bond acceptors (Lipinski definition) is 6. The van der Waals surface area contributed by atoms with E-state index in [0.717, 1.165) is 37.9 Å². The highest BCUT2D eigenvalue weighted by Crippen LogP contribution is 2.40. The predicted molar refractivity (Wildman–Crippen MR) is 131 cm³/mol. The second-order valence-electron chi connectivity index (χ2n) is 11.1. The Morgan fingerprint density at radius 2 is 1.79 bits per heavy atom. The number of likely N-dealkylation sites (tertiary alicyclic amines) is 2. The highest BCUT2D eigenvalue weighted by atomic mass is 28.4. The second kappa shape index (κ2) is 10.1. The van der Waals surface area contributed by atoms with Crippen LogP contribution in [0.4, 0.5) is 10.5 Å². The van der Waals surface area contributed by atoms with Crippen molar-refractivity contribution in [2.24, 2.45) is 5.92 Å². The maximum atomic E-state index is 13.2. The molecule has 33 heavy (non-hydrogen) atoms. The summed E-state index contributed by atoms with van der Waals surface area (Å²) in [5, 5.41) is 11.0. The Hall–Kier alpha value is -1.97. The number of carbonyl (C=O) groups excluding carboxylic acids is 1. The molecule has 2 saturated heterocycles. The summed E-state index contributed by atoms with van der Waals surface area (Å²) in [7, 11) is 0.191. The van der Waals surface area contributed by atoms with E-state index in [0.29, 0.717) is 12.5 Å². The highest BCUT2D eigenvalue weighted by molar-refractivity contribution is 6.74. The molecule has 8 nitrogen and oxygen atoms in total. The summed E-state index contributed by atoms with van der Waals surface area (Å²) in [5.74, 6) is 0.446. The molecule has 0 aromatic heterocycles. The van der Waals surface area contributed by atoms with Crippen molar-refractivity contribution in [2.75, 3.05) is 26.7 Å². The van der Waals surface area contributed by atoms with Crippen molar-refractivity contribution in [3.8, 4) is 0 Å². The first kappa shape index (κ1) is 25.6. The molecule has 0 N–H and O–H groups in total. The number of nitrogens with zero attached hydrogens (tertiary/aromatic N) is 3. The van der Waals surface area contributed by atoms with Crippen molar-refractivity contribution in [1.82, 2.24) is 9.80 Å². The van der Waals surface area contributed by atoms with E-state index in [1.54, 1.807) is 12.1 Å². The van der Waals surface area contributed by atoms with E-state index in [4.69, 9.17) is 9.16 Å². The van der Waals surface area contributed by atoms with E-state index in [9.17, 15) is 14.9 Å². The van der Waals surface area contributed by atoms with Gasteiger partial charge in [-0.2, -0.15) is 0 Å². The molecule has 0 unspecified atom stereocenters. The number of benzene rings is 1. The smallest absolute Gasteiger partial charge is 0.410 e. The molecule has 2 fully saturated rings. The minimum Gasteiger partial charge on any atom is -0.445 e. The third-order valence-corrected chi connectivity index (χ3v) is 12.2. The predicted octanol–water partition coefficient (Wildman–Crippen LogP) is 5.04. The largest absolute Gasteiger partial charge is 0.445 e. The number of non-ortho nitro benzene ring substituents is 1. The molecule has 2 heterocycles. The molecule has 0 saturated carbocycles. The lowest BCUT2D eigenvalue weighted by Crippen LogP contribution is -2.45. The molecule has 184 valence electrons. The van der Waals surface area contributed by atoms with Gasteiger partial charge in [0.15, 0.2) is 8.32 Å². The van der Waals surface area contributed by atoms with Gasteiger partial charge in [0.05, 0.1) is 11.0 Å². The van der Waals surface area contributed by atoms with Crippen molar-refractivity contribution >= 4 is 20.1 Å². The molecule has 1 aromatic rings. The topological polar surface area (TPSA) is 85.2 Å². The lowest BCUT2D eigenvalue weighted by Gasteiger charge is -2.38. The molecular weight excluding hydrogens is 438 g/mol. The highest BCUT2D eigenvalue weighted by Gasteiger charge is 2.46. The number of amides is 1. The summed E-state index contributed by atoms with van der Waals surface area (Å²) in [6.45, 7) is 14.0. The van der Waals surface area contributed by atoms with Gasteiger partial charge < -0.3 is 19.0 Å². The molecule has 0 spiro atoms. The number of rotatable bonds is 6. The quantitative estimate of drug-likeness (QED) is 0.324. The normalized spacial score (nSPS) is 23.0. The van der Waals surface area contributed by atoms with Crippen LogP contribution in [0.25, 0.3) is 0 Å². The summed E-state index contributed by atoms with van der Waals surface area (Å²) in [6.07, 6.45) is 2.70. The summed E-state index contributed by atoms with van der Waals surface area (Å²) in [5.41, 5.74) is 0.760. The third-order valence-electron chi connectivity index (χ3n) is 7.62. The van der Waals surface area contributed by atoms with Crippen molar-refractivity contribution < 1.29 is 18.9 Å². The molecule has 2 aliphatic heterocycles.